The summed E-state index contributed by atoms with van der Waals surface area (Å²) in [5, 5.41) is 0.854. The normalized spacial score (nSPS) is 10.1. The van der Waals surface area contributed by atoms with Crippen LogP contribution in [0.25, 0.3) is 0 Å². The van der Waals surface area contributed by atoms with E-state index in [2.05, 4.69) is 0 Å². The molecular weight excluding hydrogens is 271 g/mol. The molecule has 0 aliphatic heterocycles. The van der Waals surface area contributed by atoms with Gasteiger partial charge in [-0.3, -0.25) is 4.90 Å². The van der Waals surface area contributed by atoms with E-state index in [0.717, 1.165) is 0 Å². The lowest BCUT2D eigenvalue weighted by Gasteiger charge is -2.22. The highest BCUT2D eigenvalue weighted by atomic mass is 35.5. The molecule has 0 aromatic heterocycles. The molecule has 2 amide bonds. The van der Waals surface area contributed by atoms with Gasteiger partial charge in [0.2, 0.25) is 0 Å². The summed E-state index contributed by atoms with van der Waals surface area (Å²) in [5.41, 5.74) is 6.41. The van der Waals surface area contributed by atoms with Crippen LogP contribution in [0.1, 0.15) is 0 Å². The lowest BCUT2D eigenvalue weighted by Crippen LogP contribution is -2.31. The van der Waals surface area contributed by atoms with Crippen LogP contribution < -0.4 is 10.6 Å². The highest BCUT2D eigenvalue weighted by Gasteiger charge is 2.19. The third-order valence-electron chi connectivity index (χ3n) is 2.41. The molecule has 0 heterocycles. The van der Waals surface area contributed by atoms with Crippen LogP contribution in [0.4, 0.5) is 16.2 Å². The number of rotatable bonds is 2. The number of halogens is 2. The van der Waals surface area contributed by atoms with Gasteiger partial charge in [0.1, 0.15) is 0 Å². The summed E-state index contributed by atoms with van der Waals surface area (Å²) in [7, 11) is 0. The molecule has 0 bridgehead atoms. The number of anilines is 2. The maximum absolute atomic E-state index is 11.6. The summed E-state index contributed by atoms with van der Waals surface area (Å²) in [4.78, 5) is 12.9. The average molecular weight is 281 g/mol. The second-order valence-corrected chi connectivity index (χ2v) is 4.39. The van der Waals surface area contributed by atoms with Crippen molar-refractivity contribution in [1.29, 1.82) is 0 Å². The van der Waals surface area contributed by atoms with Crippen molar-refractivity contribution in [3.63, 3.8) is 0 Å². The number of primary amides is 1. The van der Waals surface area contributed by atoms with Gasteiger partial charge in [-0.15, -0.1) is 0 Å². The summed E-state index contributed by atoms with van der Waals surface area (Å²) in [6, 6.07) is 13.2. The van der Waals surface area contributed by atoms with E-state index in [1.165, 1.54) is 4.90 Å². The van der Waals surface area contributed by atoms with Gasteiger partial charge in [0, 0.05) is 0 Å². The third kappa shape index (κ3) is 2.42. The fourth-order valence-electron chi connectivity index (χ4n) is 1.63. The van der Waals surface area contributed by atoms with Crippen LogP contribution in [-0.4, -0.2) is 6.03 Å². The number of hydrogen-bond donors (Lipinski definition) is 1. The molecule has 18 heavy (non-hydrogen) atoms. The molecule has 92 valence electrons. The van der Waals surface area contributed by atoms with Gasteiger partial charge in [0.05, 0.1) is 21.4 Å². The van der Waals surface area contributed by atoms with Crippen molar-refractivity contribution in [3.8, 4) is 0 Å². The topological polar surface area (TPSA) is 46.3 Å². The number of amides is 2. The number of nitrogens with zero attached hydrogens (tertiary/aromatic N) is 1. The van der Waals surface area contributed by atoms with E-state index in [9.17, 15) is 4.79 Å². The highest BCUT2D eigenvalue weighted by Crippen LogP contribution is 2.35. The molecule has 0 saturated heterocycles. The molecule has 2 rings (SSSR count). The van der Waals surface area contributed by atoms with Crippen LogP contribution in [-0.2, 0) is 0 Å². The van der Waals surface area contributed by atoms with Crippen LogP contribution >= 0.6 is 23.2 Å². The standard InChI is InChI=1S/C13H10Cl2N2O/c14-9-5-1-3-7-11(9)17(13(16)18)12-8-4-2-6-10(12)15/h1-8H,(H2,16,18). The van der Waals surface area contributed by atoms with Crippen LogP contribution in [0.2, 0.25) is 10.0 Å². The molecule has 2 N–H and O–H groups in total. The Balaban J connectivity index is 2.58. The van der Waals surface area contributed by atoms with E-state index in [0.29, 0.717) is 21.4 Å². The summed E-state index contributed by atoms with van der Waals surface area (Å²) >= 11 is 12.1. The molecule has 0 aliphatic rings. The maximum Gasteiger partial charge on any atom is 0.323 e. The minimum absolute atomic E-state index is 0.427. The first-order chi connectivity index (χ1) is 8.61. The Hall–Kier alpha value is -1.71. The smallest absolute Gasteiger partial charge is 0.323 e. The number of nitrogens with two attached hydrogens (primary N) is 1. The molecule has 2 aromatic rings. The average Bonchev–Trinajstić information content (AvgIpc) is 2.34. The Morgan fingerprint density at radius 1 is 0.889 bits per heavy atom. The Bertz CT molecular complexity index is 541. The minimum atomic E-state index is -0.642. The first-order valence-electron chi connectivity index (χ1n) is 5.20. The second-order valence-electron chi connectivity index (χ2n) is 3.58. The molecule has 0 saturated carbocycles. The zero-order valence-corrected chi connectivity index (χ0v) is 10.8. The van der Waals surface area contributed by atoms with E-state index in [1.54, 1.807) is 48.5 Å². The van der Waals surface area contributed by atoms with Gasteiger partial charge >= 0.3 is 6.03 Å². The number of para-hydroxylation sites is 2. The summed E-state index contributed by atoms with van der Waals surface area (Å²) in [6.07, 6.45) is 0. The Labute approximate surface area is 115 Å². The van der Waals surface area contributed by atoms with E-state index < -0.39 is 6.03 Å². The van der Waals surface area contributed by atoms with E-state index in [4.69, 9.17) is 28.9 Å². The van der Waals surface area contributed by atoms with Crippen LogP contribution in [0.3, 0.4) is 0 Å². The molecule has 0 spiro atoms. The SMILES string of the molecule is NC(=O)N(c1ccccc1Cl)c1ccccc1Cl. The third-order valence-corrected chi connectivity index (χ3v) is 3.05. The Morgan fingerprint density at radius 3 is 1.61 bits per heavy atom. The summed E-state index contributed by atoms with van der Waals surface area (Å²) in [6.45, 7) is 0. The van der Waals surface area contributed by atoms with Gasteiger partial charge in [0.25, 0.3) is 0 Å². The van der Waals surface area contributed by atoms with Crippen LogP contribution in [0, 0.1) is 0 Å². The van der Waals surface area contributed by atoms with Crippen molar-refractivity contribution in [1.82, 2.24) is 0 Å². The number of carbonyl (C=O) groups excluding carboxylic acids is 1. The summed E-state index contributed by atoms with van der Waals surface area (Å²) in [5.74, 6) is 0. The quantitative estimate of drug-likeness (QED) is 0.880. The molecule has 0 aliphatic carbocycles. The zero-order valence-electron chi connectivity index (χ0n) is 9.31. The molecule has 0 fully saturated rings. The first-order valence-corrected chi connectivity index (χ1v) is 5.95. The molecule has 0 unspecified atom stereocenters. The lowest BCUT2D eigenvalue weighted by molar-refractivity contribution is 0.256. The molecule has 5 heteroatoms. The van der Waals surface area contributed by atoms with Crippen molar-refractivity contribution in [2.45, 2.75) is 0 Å². The largest absolute Gasteiger partial charge is 0.351 e. The minimum Gasteiger partial charge on any atom is -0.351 e. The number of hydrogen-bond acceptors (Lipinski definition) is 1. The Kier molecular flexibility index (Phi) is 3.75. The highest BCUT2D eigenvalue weighted by molar-refractivity contribution is 6.36. The molecule has 0 radical (unpaired) electrons. The second kappa shape index (κ2) is 5.29. The monoisotopic (exact) mass is 280 g/mol. The van der Waals surface area contributed by atoms with Crippen LogP contribution in [0.5, 0.6) is 0 Å². The lowest BCUT2D eigenvalue weighted by atomic mass is 10.2. The predicted molar refractivity (Wildman–Crippen MR) is 74.6 cm³/mol. The predicted octanol–water partition coefficient (Wildman–Crippen LogP) is 4.21. The van der Waals surface area contributed by atoms with Crippen molar-refractivity contribution in [3.05, 3.63) is 58.6 Å². The number of benzene rings is 2. The van der Waals surface area contributed by atoms with Crippen molar-refractivity contribution in [2.75, 3.05) is 4.90 Å². The fourth-order valence-corrected chi connectivity index (χ4v) is 2.07. The zero-order chi connectivity index (χ0) is 13.1. The van der Waals surface area contributed by atoms with E-state index in [-0.39, 0.29) is 0 Å². The van der Waals surface area contributed by atoms with E-state index in [1.807, 2.05) is 0 Å². The fraction of sp³-hybridized carbons (Fsp3) is 0. The van der Waals surface area contributed by atoms with Crippen LogP contribution in [0.15, 0.2) is 48.5 Å². The summed E-state index contributed by atoms with van der Waals surface area (Å²) < 4.78 is 0. The van der Waals surface area contributed by atoms with Gasteiger partial charge in [-0.2, -0.15) is 0 Å². The van der Waals surface area contributed by atoms with Gasteiger partial charge in [0.15, 0.2) is 0 Å². The molecular formula is C13H10Cl2N2O. The molecule has 0 atom stereocenters. The van der Waals surface area contributed by atoms with Crippen molar-refractivity contribution < 1.29 is 4.79 Å². The van der Waals surface area contributed by atoms with Crippen molar-refractivity contribution in [2.24, 2.45) is 5.73 Å². The van der Waals surface area contributed by atoms with Gasteiger partial charge in [-0.25, -0.2) is 4.79 Å². The van der Waals surface area contributed by atoms with Crippen molar-refractivity contribution >= 4 is 40.6 Å². The number of carbonyl (C=O) groups is 1. The maximum atomic E-state index is 11.6. The molecule has 3 nitrogen and oxygen atoms in total. The van der Waals surface area contributed by atoms with E-state index >= 15 is 0 Å². The molecule has 2 aromatic carbocycles. The first kappa shape index (κ1) is 12.7. The van der Waals surface area contributed by atoms with Gasteiger partial charge in [-0.05, 0) is 24.3 Å². The number of urea groups is 1. The van der Waals surface area contributed by atoms with Gasteiger partial charge < -0.3 is 5.73 Å². The Morgan fingerprint density at radius 2 is 1.28 bits per heavy atom. The van der Waals surface area contributed by atoms with Gasteiger partial charge in [-0.1, -0.05) is 47.5 Å².